The van der Waals surface area contributed by atoms with Gasteiger partial charge >= 0.3 is 0 Å². The number of nitrogens with zero attached hydrogens (tertiary/aromatic N) is 12. The predicted molar refractivity (Wildman–Crippen MR) is 528 cm³/mol. The van der Waals surface area contributed by atoms with Crippen molar-refractivity contribution in [3.63, 3.8) is 0 Å². The quantitative estimate of drug-likeness (QED) is 0.00912. The van der Waals surface area contributed by atoms with Crippen molar-refractivity contribution in [2.75, 3.05) is 39.4 Å². The van der Waals surface area contributed by atoms with E-state index in [4.69, 9.17) is 79.6 Å². The van der Waals surface area contributed by atoms with Gasteiger partial charge in [-0.15, -0.1) is 0 Å². The van der Waals surface area contributed by atoms with Gasteiger partial charge in [-0.25, -0.2) is 0 Å². The van der Waals surface area contributed by atoms with Gasteiger partial charge in [-0.3, -0.25) is 39.1 Å². The number of rotatable bonds is 34. The van der Waals surface area contributed by atoms with Gasteiger partial charge in [0.2, 0.25) is 24.2 Å². The number of aliphatic imine (C=N–C) groups is 4. The smallest absolute Gasteiger partial charge is 0.254 e. The molecule has 8 aliphatic rings. The zero-order valence-electron chi connectivity index (χ0n) is 76.1. The number of benzene rings is 4. The van der Waals surface area contributed by atoms with E-state index in [1.807, 2.05) is 19.9 Å². The fraction of sp³-hybridized carbons (Fsp3) is 0.673. The molecule has 12 rings (SSSR count). The third kappa shape index (κ3) is 27.2. The number of nitrogens with one attached hydrogen (secondary N) is 4. The number of amides is 4. The number of nitrogens with two attached hydrogens (primary N) is 4. The number of carbonyl (C=O) groups is 4. The summed E-state index contributed by atoms with van der Waals surface area (Å²) in [6, 6.07) is 20.9. The minimum absolute atomic E-state index is 0. The van der Waals surface area contributed by atoms with Gasteiger partial charge in [-0.1, -0.05) is 199 Å². The lowest BCUT2D eigenvalue weighted by Crippen LogP contribution is -2.56. The van der Waals surface area contributed by atoms with Crippen LogP contribution in [0.25, 0.3) is 0 Å². The van der Waals surface area contributed by atoms with E-state index in [0.717, 1.165) is 101 Å². The second-order valence-electron chi connectivity index (χ2n) is 39.5. The molecule has 8 fully saturated rings. The second kappa shape index (κ2) is 48.0. The topological polar surface area (TPSA) is 409 Å². The molecule has 0 spiro atoms. The van der Waals surface area contributed by atoms with E-state index in [1.54, 1.807) is 78.9 Å². The van der Waals surface area contributed by atoms with Gasteiger partial charge < -0.3 is 54.4 Å². The summed E-state index contributed by atoms with van der Waals surface area (Å²) in [5.74, 6) is 2.12. The van der Waals surface area contributed by atoms with E-state index in [2.05, 4.69) is 179 Å². The largest absolute Gasteiger partial charge is 0.396 e. The Bertz CT molecular complexity index is 4550. The number of carbonyl (C=O) groups excluding carboxylic acids is 4. The summed E-state index contributed by atoms with van der Waals surface area (Å²) in [6.45, 7) is 37.0. The second-order valence-corrected chi connectivity index (χ2v) is 41.2. The van der Waals surface area contributed by atoms with Crippen LogP contribution in [0.2, 0.25) is 20.1 Å². The average molecular weight is 1850 g/mol. The Kier molecular flexibility index (Phi) is 41.5. The lowest BCUT2D eigenvalue weighted by atomic mass is 9.68. The lowest BCUT2D eigenvalue weighted by molar-refractivity contribution is -0.124. The Morgan fingerprint density at radius 1 is 0.367 bits per heavy atom. The maximum Gasteiger partial charge on any atom is 0.254 e. The van der Waals surface area contributed by atoms with Crippen molar-refractivity contribution >= 4 is 116 Å². The number of aryl methyl sites for hydroxylation is 2. The first-order valence-corrected chi connectivity index (χ1v) is 46.3. The van der Waals surface area contributed by atoms with Gasteiger partial charge in [0.25, 0.3) is 23.6 Å². The van der Waals surface area contributed by atoms with Crippen LogP contribution in [0, 0.1) is 80.8 Å². The number of halogens is 4. The van der Waals surface area contributed by atoms with Gasteiger partial charge in [-0.2, -0.15) is 40.9 Å². The van der Waals surface area contributed by atoms with Gasteiger partial charge in [0.05, 0.1) is 22.7 Å². The van der Waals surface area contributed by atoms with Crippen LogP contribution in [-0.2, 0) is 19.2 Å². The van der Waals surface area contributed by atoms with Gasteiger partial charge in [-0.05, 0) is 280 Å². The van der Waals surface area contributed by atoms with Gasteiger partial charge in [0.1, 0.15) is 23.3 Å². The van der Waals surface area contributed by atoms with Gasteiger partial charge in [0, 0.05) is 83.7 Å². The number of unbranched alkanes of at least 4 members (excludes halogenated alkanes) is 4. The molecule has 14 N–H and O–H groups in total. The molecule has 0 heterocycles. The molecule has 128 heavy (non-hydrogen) atoms. The molecule has 712 valence electrons. The third-order valence-electron chi connectivity index (χ3n) is 28.8. The van der Waals surface area contributed by atoms with Crippen molar-refractivity contribution < 1.29 is 29.4 Å². The standard InChI is InChI=1S/C25H38ClN5O.C24H36ClN5O.C23H34ClN5O2.C22H32ClN5O2.4CH4/c1-6-7-8-13-28-21(27)20(31-30-18-9-10-19(26)16(2)14-18)22(32)29-23-24(3,4)17-11-12-25(23,5)15-17;1-5-6-7-14-27-20(26)19(30-29-18-10-8-17(25)9-11-18)21(31)28-22-23(2,3)16-12-13-24(22,4)15-16;1-14-12-16(6-7-17(14)24)28-29-18(19(25)26-10-5-11-30)20(31)27-21-22(2,3)15-8-9-23(21,4)13-15;1-21(2)14-9-10-22(3,13-14)20(21)26-19(30)17(18(24)25-11-4-12-29)28-27-16-7-5-15(23)6-8-16;;;;/h9-10,14,17,20,23H,6-8,11-13,15H2,1-5H3,(H2,27,28)(H,29,32);8-11,16,19,22H,5-7,12-15H2,1-4H3,(H2,26,27)(H,28,31);6-7,12,15,18,21,30H,5,8-11,13H2,1-4H3,(H2,25,26)(H,27,31);5-8,14,17,20,29H,4,9-13H2,1-3H3,(H2,24,25)(H,26,30);4*1H4. The molecular formula is C98H156Cl4N20O6. The summed E-state index contributed by atoms with van der Waals surface area (Å²) < 4.78 is 0. The molecule has 0 radical (unpaired) electrons. The monoisotopic (exact) mass is 1850 g/mol. The Morgan fingerprint density at radius 3 is 0.805 bits per heavy atom. The SMILES string of the molecule is C.C.C.C.CC12CCC(C1)C(C)(C)C2NC(=O)C(N=Nc1ccc(Cl)cc1)C(N)=NCCCO.CCCCCN=C(N)C(N=Nc1ccc(Cl)c(C)c1)C(=O)NC1C2(C)CCC(C2)C1(C)C.CCCCCN=C(N)C(N=Nc1ccc(Cl)cc1)C(=O)NC1C2(C)CCC(C2)C1(C)C.Cc1cc(N=NC(C(=O)NC2C3(C)CCC(C3)C2(C)C)C(N)=NCCCO)ccc1Cl. The first-order chi connectivity index (χ1) is 58.5. The molecule has 4 amide bonds. The number of aliphatic hydroxyl groups excluding tert-OH is 2. The van der Waals surface area contributed by atoms with E-state index in [0.29, 0.717) is 106 Å². The van der Waals surface area contributed by atoms with E-state index < -0.39 is 24.2 Å². The molecule has 8 aliphatic carbocycles. The number of fused-ring (bicyclic) bond motifs is 8. The highest BCUT2D eigenvalue weighted by atomic mass is 35.5. The minimum atomic E-state index is -1.02. The van der Waals surface area contributed by atoms with Crippen molar-refractivity contribution in [3.8, 4) is 0 Å². The molecule has 8 saturated carbocycles. The highest BCUT2D eigenvalue weighted by Gasteiger charge is 2.64. The summed E-state index contributed by atoms with van der Waals surface area (Å²) in [5.41, 5.74) is 29.6. The van der Waals surface area contributed by atoms with Gasteiger partial charge in [0.15, 0.2) is 0 Å². The van der Waals surface area contributed by atoms with Crippen LogP contribution in [0.1, 0.15) is 266 Å². The Morgan fingerprint density at radius 2 is 0.594 bits per heavy atom. The van der Waals surface area contributed by atoms with E-state index in [-0.39, 0.29) is 157 Å². The predicted octanol–water partition coefficient (Wildman–Crippen LogP) is 22.2. The molecule has 26 nitrogen and oxygen atoms in total. The summed E-state index contributed by atoms with van der Waals surface area (Å²) in [7, 11) is 0. The number of hydrogen-bond acceptors (Lipinski definition) is 18. The molecule has 0 saturated heterocycles. The molecule has 0 aliphatic heterocycles. The summed E-state index contributed by atoms with van der Waals surface area (Å²) in [5, 5.41) is 67.8. The molecule has 4 aromatic rings. The van der Waals surface area contributed by atoms with Crippen LogP contribution in [0.4, 0.5) is 22.7 Å². The molecular weight excluding hydrogens is 1700 g/mol. The maximum atomic E-state index is 13.4. The van der Waals surface area contributed by atoms with Crippen molar-refractivity contribution in [3.05, 3.63) is 116 Å². The van der Waals surface area contributed by atoms with Crippen LogP contribution >= 0.6 is 46.4 Å². The van der Waals surface area contributed by atoms with Crippen LogP contribution in [-0.4, -0.2) is 145 Å². The number of hydrogen-bond donors (Lipinski definition) is 10. The first kappa shape index (κ1) is 111. The lowest BCUT2D eigenvalue weighted by Gasteiger charge is -2.43. The Labute approximate surface area is 785 Å². The molecule has 30 heteroatoms. The summed E-state index contributed by atoms with van der Waals surface area (Å²) >= 11 is 24.1. The zero-order chi connectivity index (χ0) is 90.9. The van der Waals surface area contributed by atoms with E-state index in [9.17, 15) is 19.2 Å². The highest BCUT2D eigenvalue weighted by molar-refractivity contribution is 6.32. The molecule has 0 aromatic heterocycles. The van der Waals surface area contributed by atoms with E-state index in [1.165, 1.54) is 25.7 Å². The number of amidine groups is 4. The highest BCUT2D eigenvalue weighted by Crippen LogP contribution is 2.66. The Balaban J connectivity index is 0.000000299. The van der Waals surface area contributed by atoms with E-state index >= 15 is 0 Å². The van der Waals surface area contributed by atoms with Crippen molar-refractivity contribution in [2.24, 2.45) is 151 Å². The first-order valence-electron chi connectivity index (χ1n) is 44.8. The average Bonchev–Trinajstić information content (AvgIpc) is 1.59. The van der Waals surface area contributed by atoms with Crippen molar-refractivity contribution in [1.29, 1.82) is 0 Å². The summed E-state index contributed by atoms with van der Waals surface area (Å²) in [4.78, 5) is 70.8. The Hall–Kier alpha value is -7.88. The number of azo groups is 4. The maximum absolute atomic E-state index is 13.4. The number of aliphatic hydroxyl groups is 2. The fourth-order valence-corrected chi connectivity index (χ4v) is 21.9. The molecule has 8 bridgehead atoms. The molecule has 16 atom stereocenters. The zero-order valence-corrected chi connectivity index (χ0v) is 79.1. The van der Waals surface area contributed by atoms with Crippen LogP contribution < -0.4 is 44.2 Å². The van der Waals surface area contributed by atoms with Crippen LogP contribution in [0.15, 0.2) is 146 Å². The van der Waals surface area contributed by atoms with Crippen LogP contribution in [0.3, 0.4) is 0 Å². The van der Waals surface area contributed by atoms with Crippen molar-refractivity contribution in [2.45, 2.75) is 317 Å². The normalized spacial score (nSPS) is 27.4. The third-order valence-corrected chi connectivity index (χ3v) is 30.1. The molecule has 16 unspecified atom stereocenters. The fourth-order valence-electron chi connectivity index (χ4n) is 21.5. The minimum Gasteiger partial charge on any atom is -0.396 e. The van der Waals surface area contributed by atoms with Crippen LogP contribution in [0.5, 0.6) is 0 Å². The molecule has 4 aromatic carbocycles. The summed E-state index contributed by atoms with van der Waals surface area (Å²) in [6.07, 6.45) is 21.1. The van der Waals surface area contributed by atoms with Crippen molar-refractivity contribution in [1.82, 2.24) is 21.3 Å².